The first-order chi connectivity index (χ1) is 9.40. The van der Waals surface area contributed by atoms with Crippen LogP contribution in [0.4, 0.5) is 0 Å². The Morgan fingerprint density at radius 3 is 2.50 bits per heavy atom. The average Bonchev–Trinajstić information content (AvgIpc) is 2.92. The second kappa shape index (κ2) is 5.84. The highest BCUT2D eigenvalue weighted by atomic mass is 32.2. The van der Waals surface area contributed by atoms with Crippen molar-refractivity contribution < 1.29 is 13.5 Å². The zero-order valence-electron chi connectivity index (χ0n) is 12.1. The van der Waals surface area contributed by atoms with Gasteiger partial charge in [0.2, 0.25) is 10.0 Å². The number of hydrogen-bond donors (Lipinski definition) is 2. The van der Waals surface area contributed by atoms with Gasteiger partial charge in [-0.3, -0.25) is 0 Å². The standard InChI is InChI=1S/C15H23NO3S/c1-3-15(17,4-2)11-16-20(18,19)14-9-8-12-6-5-7-13(12)10-14/h8-10,16-17H,3-7,11H2,1-2H3. The Hall–Kier alpha value is -0.910. The van der Waals surface area contributed by atoms with Crippen LogP contribution >= 0.6 is 0 Å². The first-order valence-electron chi connectivity index (χ1n) is 7.24. The molecule has 1 aliphatic rings. The normalized spacial score (nSPS) is 15.3. The van der Waals surface area contributed by atoms with Crippen molar-refractivity contribution in [3.63, 3.8) is 0 Å². The van der Waals surface area contributed by atoms with Crippen LogP contribution in [0, 0.1) is 0 Å². The summed E-state index contributed by atoms with van der Waals surface area (Å²) in [6.07, 6.45) is 4.13. The van der Waals surface area contributed by atoms with Crippen molar-refractivity contribution in [2.24, 2.45) is 0 Å². The van der Waals surface area contributed by atoms with E-state index in [2.05, 4.69) is 4.72 Å². The predicted molar refractivity (Wildman–Crippen MR) is 79.2 cm³/mol. The van der Waals surface area contributed by atoms with Crippen molar-refractivity contribution in [1.29, 1.82) is 0 Å². The second-order valence-corrected chi connectivity index (χ2v) is 7.31. The molecule has 0 saturated carbocycles. The summed E-state index contributed by atoms with van der Waals surface area (Å²) in [5.41, 5.74) is 1.42. The van der Waals surface area contributed by atoms with Gasteiger partial charge in [0.1, 0.15) is 0 Å². The fraction of sp³-hybridized carbons (Fsp3) is 0.600. The first-order valence-corrected chi connectivity index (χ1v) is 8.72. The van der Waals surface area contributed by atoms with Crippen LogP contribution in [0.5, 0.6) is 0 Å². The molecular weight excluding hydrogens is 274 g/mol. The van der Waals surface area contributed by atoms with Crippen molar-refractivity contribution in [3.8, 4) is 0 Å². The van der Waals surface area contributed by atoms with Gasteiger partial charge in [-0.2, -0.15) is 0 Å². The first kappa shape index (κ1) is 15.5. The molecule has 0 aliphatic heterocycles. The molecule has 0 aromatic heterocycles. The summed E-state index contributed by atoms with van der Waals surface area (Å²) < 4.78 is 27.1. The van der Waals surface area contributed by atoms with E-state index in [9.17, 15) is 13.5 Å². The van der Waals surface area contributed by atoms with E-state index in [1.54, 1.807) is 12.1 Å². The topological polar surface area (TPSA) is 66.4 Å². The summed E-state index contributed by atoms with van der Waals surface area (Å²) in [6.45, 7) is 3.76. The molecule has 5 heteroatoms. The van der Waals surface area contributed by atoms with E-state index in [1.165, 1.54) is 5.56 Å². The number of benzene rings is 1. The van der Waals surface area contributed by atoms with E-state index in [-0.39, 0.29) is 6.54 Å². The third-order valence-electron chi connectivity index (χ3n) is 4.29. The number of aryl methyl sites for hydroxylation is 2. The van der Waals surface area contributed by atoms with Gasteiger partial charge in [0.25, 0.3) is 0 Å². The van der Waals surface area contributed by atoms with Gasteiger partial charge in [-0.1, -0.05) is 19.9 Å². The van der Waals surface area contributed by atoms with Crippen LogP contribution in [0.2, 0.25) is 0 Å². The van der Waals surface area contributed by atoms with Gasteiger partial charge in [-0.05, 0) is 55.4 Å². The van der Waals surface area contributed by atoms with Crippen LogP contribution in [0.1, 0.15) is 44.2 Å². The van der Waals surface area contributed by atoms with Crippen molar-refractivity contribution in [3.05, 3.63) is 29.3 Å². The zero-order valence-corrected chi connectivity index (χ0v) is 13.0. The number of sulfonamides is 1. The summed E-state index contributed by atoms with van der Waals surface area (Å²) in [4.78, 5) is 0.299. The summed E-state index contributed by atoms with van der Waals surface area (Å²) in [7, 11) is -3.55. The van der Waals surface area contributed by atoms with Gasteiger partial charge >= 0.3 is 0 Å². The monoisotopic (exact) mass is 297 g/mol. The molecule has 2 rings (SSSR count). The van der Waals surface area contributed by atoms with E-state index < -0.39 is 15.6 Å². The minimum Gasteiger partial charge on any atom is -0.389 e. The molecule has 112 valence electrons. The van der Waals surface area contributed by atoms with Gasteiger partial charge in [-0.25, -0.2) is 13.1 Å². The Bertz CT molecular complexity index is 577. The van der Waals surface area contributed by atoms with Gasteiger partial charge in [0.15, 0.2) is 0 Å². The molecule has 0 bridgehead atoms. The maximum absolute atomic E-state index is 12.3. The molecule has 0 spiro atoms. The van der Waals surface area contributed by atoms with Crippen LogP contribution in [-0.4, -0.2) is 25.7 Å². The van der Waals surface area contributed by atoms with E-state index in [4.69, 9.17) is 0 Å². The quantitative estimate of drug-likeness (QED) is 0.844. The predicted octanol–water partition coefficient (Wildman–Crippen LogP) is 2.00. The van der Waals surface area contributed by atoms with Gasteiger partial charge in [0.05, 0.1) is 10.5 Å². The molecule has 0 heterocycles. The lowest BCUT2D eigenvalue weighted by Crippen LogP contribution is -2.41. The number of aliphatic hydroxyl groups is 1. The fourth-order valence-corrected chi connectivity index (χ4v) is 3.70. The van der Waals surface area contributed by atoms with Crippen molar-refractivity contribution in [2.75, 3.05) is 6.54 Å². The van der Waals surface area contributed by atoms with Crippen LogP contribution in [0.3, 0.4) is 0 Å². The van der Waals surface area contributed by atoms with E-state index in [0.29, 0.717) is 17.7 Å². The van der Waals surface area contributed by atoms with Gasteiger partial charge in [-0.15, -0.1) is 0 Å². The molecule has 0 unspecified atom stereocenters. The fourth-order valence-electron chi connectivity index (χ4n) is 2.53. The molecule has 0 fully saturated rings. The molecule has 2 N–H and O–H groups in total. The smallest absolute Gasteiger partial charge is 0.240 e. The third-order valence-corrected chi connectivity index (χ3v) is 5.69. The molecule has 0 saturated heterocycles. The SMILES string of the molecule is CCC(O)(CC)CNS(=O)(=O)c1ccc2c(c1)CCC2. The average molecular weight is 297 g/mol. The van der Waals surface area contributed by atoms with Crippen molar-refractivity contribution in [1.82, 2.24) is 4.72 Å². The van der Waals surface area contributed by atoms with Crippen molar-refractivity contribution in [2.45, 2.75) is 56.4 Å². The highest BCUT2D eigenvalue weighted by molar-refractivity contribution is 7.89. The highest BCUT2D eigenvalue weighted by Crippen LogP contribution is 2.25. The molecule has 4 nitrogen and oxygen atoms in total. The maximum atomic E-state index is 12.3. The molecule has 0 atom stereocenters. The minimum atomic E-state index is -3.55. The summed E-state index contributed by atoms with van der Waals surface area (Å²) in [6, 6.07) is 5.33. The summed E-state index contributed by atoms with van der Waals surface area (Å²) in [5, 5.41) is 10.2. The number of rotatable bonds is 6. The number of hydrogen-bond acceptors (Lipinski definition) is 3. The van der Waals surface area contributed by atoms with Crippen LogP contribution in [0.25, 0.3) is 0 Å². The van der Waals surface area contributed by atoms with Crippen LogP contribution < -0.4 is 4.72 Å². The van der Waals surface area contributed by atoms with Crippen LogP contribution in [0.15, 0.2) is 23.1 Å². The Morgan fingerprint density at radius 2 is 1.85 bits per heavy atom. The maximum Gasteiger partial charge on any atom is 0.240 e. The molecular formula is C15H23NO3S. The van der Waals surface area contributed by atoms with E-state index >= 15 is 0 Å². The third kappa shape index (κ3) is 3.22. The molecule has 1 aromatic rings. The molecule has 20 heavy (non-hydrogen) atoms. The molecule has 0 radical (unpaired) electrons. The Labute approximate surface area is 121 Å². The van der Waals surface area contributed by atoms with Crippen molar-refractivity contribution >= 4 is 10.0 Å². The highest BCUT2D eigenvalue weighted by Gasteiger charge is 2.26. The summed E-state index contributed by atoms with van der Waals surface area (Å²) in [5.74, 6) is 0. The Balaban J connectivity index is 2.15. The van der Waals surface area contributed by atoms with Gasteiger partial charge in [0, 0.05) is 6.54 Å². The lowest BCUT2D eigenvalue weighted by Gasteiger charge is -2.25. The Kier molecular flexibility index (Phi) is 4.52. The van der Waals surface area contributed by atoms with Gasteiger partial charge < -0.3 is 5.11 Å². The molecule has 1 aromatic carbocycles. The molecule has 0 amide bonds. The Morgan fingerprint density at radius 1 is 1.20 bits per heavy atom. The number of nitrogens with one attached hydrogen (secondary N) is 1. The largest absolute Gasteiger partial charge is 0.389 e. The zero-order chi connectivity index (χ0) is 14.8. The lowest BCUT2D eigenvalue weighted by molar-refractivity contribution is 0.0377. The lowest BCUT2D eigenvalue weighted by atomic mass is 9.98. The minimum absolute atomic E-state index is 0.0550. The van der Waals surface area contributed by atoms with E-state index in [0.717, 1.165) is 24.8 Å². The number of fused-ring (bicyclic) bond motifs is 1. The van der Waals surface area contributed by atoms with E-state index in [1.807, 2.05) is 19.9 Å². The summed E-state index contributed by atoms with van der Waals surface area (Å²) >= 11 is 0. The second-order valence-electron chi connectivity index (χ2n) is 5.54. The van der Waals surface area contributed by atoms with Crippen LogP contribution in [-0.2, 0) is 22.9 Å². The molecule has 1 aliphatic carbocycles.